The van der Waals surface area contributed by atoms with Gasteiger partial charge in [0.25, 0.3) is 0 Å². The number of nitrogens with one attached hydrogen (secondary N) is 2. The normalized spacial score (nSPS) is 11.4. The van der Waals surface area contributed by atoms with Gasteiger partial charge in [0.1, 0.15) is 5.52 Å². The molecule has 0 saturated carbocycles. The van der Waals surface area contributed by atoms with Crippen LogP contribution in [-0.2, 0) is 11.2 Å². The van der Waals surface area contributed by atoms with Crippen molar-refractivity contribution in [2.45, 2.75) is 38.6 Å². The van der Waals surface area contributed by atoms with Gasteiger partial charge in [0, 0.05) is 30.1 Å². The first-order valence-electron chi connectivity index (χ1n) is 9.05. The van der Waals surface area contributed by atoms with Crippen LogP contribution in [0.15, 0.2) is 52.9 Å². The van der Waals surface area contributed by atoms with Crippen LogP contribution >= 0.6 is 0 Å². The molecule has 3 rings (SSSR count). The summed E-state index contributed by atoms with van der Waals surface area (Å²) in [5, 5.41) is 14.3. The van der Waals surface area contributed by atoms with Crippen LogP contribution in [-0.4, -0.2) is 27.6 Å². The number of anilines is 1. The number of aliphatic carboxylic acids is 1. The molecule has 0 unspecified atom stereocenters. The molecular formula is C21H23N3O4. The summed E-state index contributed by atoms with van der Waals surface area (Å²) >= 11 is 0. The second-order valence-corrected chi connectivity index (χ2v) is 7.31. The van der Waals surface area contributed by atoms with Crippen molar-refractivity contribution in [1.29, 1.82) is 0 Å². The summed E-state index contributed by atoms with van der Waals surface area (Å²) < 4.78 is 5.81. The van der Waals surface area contributed by atoms with E-state index in [1.807, 2.05) is 30.3 Å². The molecule has 2 amide bonds. The summed E-state index contributed by atoms with van der Waals surface area (Å²) in [5.41, 5.74) is 2.35. The van der Waals surface area contributed by atoms with Crippen LogP contribution in [0.5, 0.6) is 0 Å². The van der Waals surface area contributed by atoms with Crippen LogP contribution in [0.2, 0.25) is 0 Å². The monoisotopic (exact) mass is 381 g/mol. The van der Waals surface area contributed by atoms with Crippen LogP contribution < -0.4 is 10.6 Å². The SMILES string of the molecule is CC(C)(CCC(=O)O)NC(=O)Nc1ccc2nc(Cc3ccccc3)oc2c1. The Balaban J connectivity index is 1.65. The van der Waals surface area contributed by atoms with Gasteiger partial charge in [-0.05, 0) is 38.0 Å². The molecule has 1 heterocycles. The van der Waals surface area contributed by atoms with Crippen molar-refractivity contribution in [2.24, 2.45) is 0 Å². The summed E-state index contributed by atoms with van der Waals surface area (Å²) in [6, 6.07) is 14.8. The number of nitrogens with zero attached hydrogens (tertiary/aromatic N) is 1. The fourth-order valence-corrected chi connectivity index (χ4v) is 2.85. The molecule has 0 radical (unpaired) electrons. The molecular weight excluding hydrogens is 358 g/mol. The fraction of sp³-hybridized carbons (Fsp3) is 0.286. The van der Waals surface area contributed by atoms with Crippen molar-refractivity contribution in [3.8, 4) is 0 Å². The van der Waals surface area contributed by atoms with Crippen molar-refractivity contribution >= 4 is 28.8 Å². The van der Waals surface area contributed by atoms with Gasteiger partial charge in [-0.1, -0.05) is 30.3 Å². The molecule has 2 aromatic carbocycles. The van der Waals surface area contributed by atoms with Crippen molar-refractivity contribution in [3.63, 3.8) is 0 Å². The van der Waals surface area contributed by atoms with Gasteiger partial charge < -0.3 is 20.2 Å². The number of rotatable bonds is 7. The summed E-state index contributed by atoms with van der Waals surface area (Å²) in [6.07, 6.45) is 0.914. The van der Waals surface area contributed by atoms with Crippen molar-refractivity contribution in [2.75, 3.05) is 5.32 Å². The number of hydrogen-bond acceptors (Lipinski definition) is 4. The van der Waals surface area contributed by atoms with E-state index in [0.29, 0.717) is 30.0 Å². The second-order valence-electron chi connectivity index (χ2n) is 7.31. The van der Waals surface area contributed by atoms with E-state index in [1.54, 1.807) is 32.0 Å². The van der Waals surface area contributed by atoms with Crippen molar-refractivity contribution in [3.05, 3.63) is 60.0 Å². The van der Waals surface area contributed by atoms with E-state index in [4.69, 9.17) is 9.52 Å². The minimum atomic E-state index is -0.891. The number of carbonyl (C=O) groups excluding carboxylic acids is 1. The van der Waals surface area contributed by atoms with Gasteiger partial charge in [0.2, 0.25) is 0 Å². The van der Waals surface area contributed by atoms with Gasteiger partial charge in [-0.15, -0.1) is 0 Å². The number of urea groups is 1. The van der Waals surface area contributed by atoms with Crippen LogP contribution in [0.1, 0.15) is 38.1 Å². The molecule has 0 aliphatic heterocycles. The first-order chi connectivity index (χ1) is 13.3. The third kappa shape index (κ3) is 5.33. The lowest BCUT2D eigenvalue weighted by molar-refractivity contribution is -0.137. The maximum Gasteiger partial charge on any atom is 0.319 e. The number of carboxylic acid groups (broad SMARTS) is 1. The third-order valence-electron chi connectivity index (χ3n) is 4.30. The molecule has 0 bridgehead atoms. The Labute approximate surface area is 162 Å². The first kappa shape index (κ1) is 19.4. The van der Waals surface area contributed by atoms with E-state index < -0.39 is 17.5 Å². The highest BCUT2D eigenvalue weighted by atomic mass is 16.4. The Morgan fingerprint density at radius 1 is 1.14 bits per heavy atom. The highest BCUT2D eigenvalue weighted by Crippen LogP contribution is 2.22. The van der Waals surface area contributed by atoms with E-state index in [2.05, 4.69) is 15.6 Å². The van der Waals surface area contributed by atoms with Crippen molar-refractivity contribution in [1.82, 2.24) is 10.3 Å². The number of amides is 2. The molecule has 0 fully saturated rings. The Morgan fingerprint density at radius 3 is 2.61 bits per heavy atom. The lowest BCUT2D eigenvalue weighted by Gasteiger charge is -2.25. The molecule has 7 nitrogen and oxygen atoms in total. The maximum atomic E-state index is 12.2. The molecule has 0 spiro atoms. The maximum absolute atomic E-state index is 12.2. The number of hydrogen-bond donors (Lipinski definition) is 3. The van der Waals surface area contributed by atoms with E-state index in [9.17, 15) is 9.59 Å². The minimum Gasteiger partial charge on any atom is -0.481 e. The average molecular weight is 381 g/mol. The standard InChI is InChI=1S/C21H23N3O4/c1-21(2,11-10-19(25)26)24-20(27)22-15-8-9-16-17(13-15)28-18(23-16)12-14-6-4-3-5-7-14/h3-9,13H,10-12H2,1-2H3,(H,25,26)(H2,22,24,27). The number of benzene rings is 2. The Morgan fingerprint density at radius 2 is 1.89 bits per heavy atom. The predicted octanol–water partition coefficient (Wildman–Crippen LogP) is 4.18. The quantitative estimate of drug-likeness (QED) is 0.569. The summed E-state index contributed by atoms with van der Waals surface area (Å²) in [7, 11) is 0. The second kappa shape index (κ2) is 8.12. The largest absolute Gasteiger partial charge is 0.481 e. The van der Waals surface area contributed by atoms with E-state index >= 15 is 0 Å². The van der Waals surface area contributed by atoms with Crippen LogP contribution in [0.4, 0.5) is 10.5 Å². The van der Waals surface area contributed by atoms with Crippen LogP contribution in [0, 0.1) is 0 Å². The van der Waals surface area contributed by atoms with Crippen LogP contribution in [0.25, 0.3) is 11.1 Å². The van der Waals surface area contributed by atoms with Crippen molar-refractivity contribution < 1.29 is 19.1 Å². The molecule has 146 valence electrons. The molecule has 28 heavy (non-hydrogen) atoms. The molecule has 0 atom stereocenters. The van der Waals surface area contributed by atoms with E-state index in [-0.39, 0.29) is 6.42 Å². The Hall–Kier alpha value is -3.35. The summed E-state index contributed by atoms with van der Waals surface area (Å²) in [5.74, 6) is -0.282. The highest BCUT2D eigenvalue weighted by Gasteiger charge is 2.21. The predicted molar refractivity (Wildman–Crippen MR) is 106 cm³/mol. The smallest absolute Gasteiger partial charge is 0.319 e. The zero-order valence-corrected chi connectivity index (χ0v) is 15.9. The number of fused-ring (bicyclic) bond motifs is 1. The first-order valence-corrected chi connectivity index (χ1v) is 9.05. The Bertz CT molecular complexity index is 980. The molecule has 7 heteroatoms. The molecule has 0 aliphatic rings. The van der Waals surface area contributed by atoms with Gasteiger partial charge in [0.15, 0.2) is 11.5 Å². The van der Waals surface area contributed by atoms with Gasteiger partial charge in [-0.2, -0.15) is 0 Å². The lowest BCUT2D eigenvalue weighted by Crippen LogP contribution is -2.45. The summed E-state index contributed by atoms with van der Waals surface area (Å²) in [6.45, 7) is 3.57. The molecule has 0 saturated heterocycles. The highest BCUT2D eigenvalue weighted by molar-refractivity contribution is 5.92. The number of oxazole rings is 1. The van der Waals surface area contributed by atoms with Crippen LogP contribution in [0.3, 0.4) is 0 Å². The number of aromatic nitrogens is 1. The molecule has 1 aromatic heterocycles. The Kier molecular flexibility index (Phi) is 5.63. The fourth-order valence-electron chi connectivity index (χ4n) is 2.85. The van der Waals surface area contributed by atoms with E-state index in [1.165, 1.54) is 0 Å². The molecule has 0 aliphatic carbocycles. The molecule has 3 aromatic rings. The number of carboxylic acids is 1. The van der Waals surface area contributed by atoms with Gasteiger partial charge in [0.05, 0.1) is 0 Å². The van der Waals surface area contributed by atoms with Gasteiger partial charge >= 0.3 is 12.0 Å². The topological polar surface area (TPSA) is 104 Å². The van der Waals surface area contributed by atoms with E-state index in [0.717, 1.165) is 11.1 Å². The average Bonchev–Trinajstić information content (AvgIpc) is 3.02. The minimum absolute atomic E-state index is 0.0124. The zero-order valence-electron chi connectivity index (χ0n) is 15.9. The number of carbonyl (C=O) groups is 2. The third-order valence-corrected chi connectivity index (χ3v) is 4.30. The lowest BCUT2D eigenvalue weighted by atomic mass is 9.99. The van der Waals surface area contributed by atoms with Gasteiger partial charge in [-0.25, -0.2) is 9.78 Å². The summed E-state index contributed by atoms with van der Waals surface area (Å²) in [4.78, 5) is 27.4. The van der Waals surface area contributed by atoms with Gasteiger partial charge in [-0.3, -0.25) is 4.79 Å². The zero-order chi connectivity index (χ0) is 20.1. The molecule has 3 N–H and O–H groups in total.